The van der Waals surface area contributed by atoms with E-state index in [4.69, 9.17) is 0 Å². The predicted molar refractivity (Wildman–Crippen MR) is 60.2 cm³/mol. The van der Waals surface area contributed by atoms with E-state index in [1.54, 1.807) is 4.57 Å². The SMILES string of the molecule is CC(C)Cn1cnnc1-c1cccc(F)c1F. The monoisotopic (exact) mass is 237 g/mol. The quantitative estimate of drug-likeness (QED) is 0.821. The van der Waals surface area contributed by atoms with Crippen molar-refractivity contribution in [2.24, 2.45) is 5.92 Å². The number of halogens is 2. The van der Waals surface area contributed by atoms with Crippen LogP contribution in [0.15, 0.2) is 24.5 Å². The second-order valence-corrected chi connectivity index (χ2v) is 4.30. The average Bonchev–Trinajstić information content (AvgIpc) is 2.69. The van der Waals surface area contributed by atoms with Crippen molar-refractivity contribution in [3.8, 4) is 11.4 Å². The molecule has 0 aliphatic carbocycles. The third-order valence-electron chi connectivity index (χ3n) is 2.37. The summed E-state index contributed by atoms with van der Waals surface area (Å²) < 4.78 is 28.5. The van der Waals surface area contributed by atoms with Gasteiger partial charge in [-0.25, -0.2) is 8.78 Å². The first kappa shape index (κ1) is 11.7. The van der Waals surface area contributed by atoms with Crippen molar-refractivity contribution in [3.63, 3.8) is 0 Å². The van der Waals surface area contributed by atoms with Crippen molar-refractivity contribution in [2.75, 3.05) is 0 Å². The highest BCUT2D eigenvalue weighted by Crippen LogP contribution is 2.22. The van der Waals surface area contributed by atoms with Crippen LogP contribution in [0.5, 0.6) is 0 Å². The molecule has 1 aromatic carbocycles. The van der Waals surface area contributed by atoms with Crippen LogP contribution in [0.25, 0.3) is 11.4 Å². The molecule has 0 spiro atoms. The second-order valence-electron chi connectivity index (χ2n) is 4.30. The Hall–Kier alpha value is -1.78. The molecule has 0 saturated heterocycles. The Labute approximate surface area is 98.1 Å². The number of benzene rings is 1. The van der Waals surface area contributed by atoms with Gasteiger partial charge in [0.15, 0.2) is 17.5 Å². The zero-order chi connectivity index (χ0) is 12.4. The van der Waals surface area contributed by atoms with Gasteiger partial charge < -0.3 is 4.57 Å². The zero-order valence-corrected chi connectivity index (χ0v) is 9.69. The van der Waals surface area contributed by atoms with E-state index in [1.807, 2.05) is 13.8 Å². The maximum Gasteiger partial charge on any atom is 0.169 e. The lowest BCUT2D eigenvalue weighted by molar-refractivity contribution is 0.504. The minimum absolute atomic E-state index is 0.142. The van der Waals surface area contributed by atoms with Gasteiger partial charge in [-0.05, 0) is 18.1 Å². The van der Waals surface area contributed by atoms with Gasteiger partial charge in [0.1, 0.15) is 6.33 Å². The fraction of sp³-hybridized carbons (Fsp3) is 0.333. The number of aromatic nitrogens is 3. The number of hydrogen-bond acceptors (Lipinski definition) is 2. The third-order valence-corrected chi connectivity index (χ3v) is 2.37. The molecule has 0 radical (unpaired) electrons. The maximum absolute atomic E-state index is 13.6. The van der Waals surface area contributed by atoms with E-state index in [2.05, 4.69) is 10.2 Å². The highest BCUT2D eigenvalue weighted by molar-refractivity contribution is 5.55. The Bertz CT molecular complexity index is 520. The van der Waals surface area contributed by atoms with Gasteiger partial charge in [-0.2, -0.15) is 0 Å². The van der Waals surface area contributed by atoms with Gasteiger partial charge in [-0.15, -0.1) is 10.2 Å². The molecule has 1 aromatic heterocycles. The van der Waals surface area contributed by atoms with Crippen molar-refractivity contribution in [2.45, 2.75) is 20.4 Å². The van der Waals surface area contributed by atoms with Crippen LogP contribution in [0.3, 0.4) is 0 Å². The van der Waals surface area contributed by atoms with E-state index >= 15 is 0 Å². The topological polar surface area (TPSA) is 30.7 Å². The molecule has 2 rings (SSSR count). The van der Waals surface area contributed by atoms with Crippen molar-refractivity contribution < 1.29 is 8.78 Å². The summed E-state index contributed by atoms with van der Waals surface area (Å²) in [6, 6.07) is 4.05. The molecule has 5 heteroatoms. The Balaban J connectivity index is 2.46. The molecule has 2 aromatic rings. The van der Waals surface area contributed by atoms with Crippen LogP contribution in [0.2, 0.25) is 0 Å². The number of rotatable bonds is 3. The zero-order valence-electron chi connectivity index (χ0n) is 9.69. The lowest BCUT2D eigenvalue weighted by Crippen LogP contribution is -2.06. The van der Waals surface area contributed by atoms with Crippen LogP contribution < -0.4 is 0 Å². The Morgan fingerprint density at radius 3 is 2.76 bits per heavy atom. The van der Waals surface area contributed by atoms with Crippen LogP contribution >= 0.6 is 0 Å². The van der Waals surface area contributed by atoms with Gasteiger partial charge in [0, 0.05) is 6.54 Å². The molecule has 0 unspecified atom stereocenters. The number of hydrogen-bond donors (Lipinski definition) is 0. The molecule has 17 heavy (non-hydrogen) atoms. The molecule has 0 N–H and O–H groups in total. The van der Waals surface area contributed by atoms with Gasteiger partial charge in [0.05, 0.1) is 5.56 Å². The summed E-state index contributed by atoms with van der Waals surface area (Å²) in [5.41, 5.74) is 0.142. The predicted octanol–water partition coefficient (Wildman–Crippen LogP) is 2.88. The van der Waals surface area contributed by atoms with E-state index in [1.165, 1.54) is 18.5 Å². The minimum atomic E-state index is -0.884. The summed E-state index contributed by atoms with van der Waals surface area (Å²) in [6.07, 6.45) is 1.53. The molecule has 3 nitrogen and oxygen atoms in total. The summed E-state index contributed by atoms with van der Waals surface area (Å²) in [4.78, 5) is 0. The van der Waals surface area contributed by atoms with Gasteiger partial charge in [0.25, 0.3) is 0 Å². The number of nitrogens with zero attached hydrogens (tertiary/aromatic N) is 3. The van der Waals surface area contributed by atoms with Crippen molar-refractivity contribution in [1.82, 2.24) is 14.8 Å². The van der Waals surface area contributed by atoms with E-state index in [0.717, 1.165) is 6.07 Å². The highest BCUT2D eigenvalue weighted by Gasteiger charge is 2.15. The summed E-state index contributed by atoms with van der Waals surface area (Å²) in [5, 5.41) is 7.59. The summed E-state index contributed by atoms with van der Waals surface area (Å²) in [7, 11) is 0. The third kappa shape index (κ3) is 2.33. The van der Waals surface area contributed by atoms with E-state index in [9.17, 15) is 8.78 Å². The van der Waals surface area contributed by atoms with Gasteiger partial charge in [-0.1, -0.05) is 19.9 Å². The van der Waals surface area contributed by atoms with Crippen LogP contribution in [-0.4, -0.2) is 14.8 Å². The first-order valence-electron chi connectivity index (χ1n) is 5.41. The van der Waals surface area contributed by atoms with Gasteiger partial charge >= 0.3 is 0 Å². The van der Waals surface area contributed by atoms with Crippen LogP contribution in [0.4, 0.5) is 8.78 Å². The highest BCUT2D eigenvalue weighted by atomic mass is 19.2. The molecule has 0 saturated carbocycles. The fourth-order valence-electron chi connectivity index (χ4n) is 1.67. The maximum atomic E-state index is 13.6. The summed E-state index contributed by atoms with van der Waals surface area (Å²) >= 11 is 0. The van der Waals surface area contributed by atoms with E-state index in [-0.39, 0.29) is 5.56 Å². The van der Waals surface area contributed by atoms with Gasteiger partial charge in [-0.3, -0.25) is 0 Å². The Morgan fingerprint density at radius 1 is 1.29 bits per heavy atom. The van der Waals surface area contributed by atoms with E-state index in [0.29, 0.717) is 18.3 Å². The molecule has 0 aliphatic rings. The fourth-order valence-corrected chi connectivity index (χ4v) is 1.67. The smallest absolute Gasteiger partial charge is 0.169 e. The molecule has 0 aliphatic heterocycles. The average molecular weight is 237 g/mol. The van der Waals surface area contributed by atoms with Crippen molar-refractivity contribution in [3.05, 3.63) is 36.2 Å². The lowest BCUT2D eigenvalue weighted by Gasteiger charge is -2.09. The standard InChI is InChI=1S/C12H13F2N3/c1-8(2)6-17-7-15-16-12(17)9-4-3-5-10(13)11(9)14/h3-5,7-8H,6H2,1-2H3. The molecule has 0 fully saturated rings. The van der Waals surface area contributed by atoms with Crippen LogP contribution in [-0.2, 0) is 6.54 Å². The van der Waals surface area contributed by atoms with Crippen LogP contribution in [0.1, 0.15) is 13.8 Å². The molecule has 90 valence electrons. The Kier molecular flexibility index (Phi) is 3.17. The molecular formula is C12H13F2N3. The molecular weight excluding hydrogens is 224 g/mol. The van der Waals surface area contributed by atoms with Crippen LogP contribution in [0, 0.1) is 17.6 Å². The first-order chi connectivity index (χ1) is 8.09. The molecule has 0 bridgehead atoms. The minimum Gasteiger partial charge on any atom is -0.313 e. The van der Waals surface area contributed by atoms with Crippen molar-refractivity contribution >= 4 is 0 Å². The summed E-state index contributed by atoms with van der Waals surface area (Å²) in [5.74, 6) is -1.02. The van der Waals surface area contributed by atoms with Gasteiger partial charge in [0.2, 0.25) is 0 Å². The molecule has 0 amide bonds. The molecule has 1 heterocycles. The molecule has 0 atom stereocenters. The lowest BCUT2D eigenvalue weighted by atomic mass is 10.1. The normalized spacial score (nSPS) is 11.1. The first-order valence-corrected chi connectivity index (χ1v) is 5.41. The second kappa shape index (κ2) is 4.61. The largest absolute Gasteiger partial charge is 0.313 e. The Morgan fingerprint density at radius 2 is 2.06 bits per heavy atom. The summed E-state index contributed by atoms with van der Waals surface area (Å²) in [6.45, 7) is 4.73. The van der Waals surface area contributed by atoms with E-state index < -0.39 is 11.6 Å². The van der Waals surface area contributed by atoms with Crippen molar-refractivity contribution in [1.29, 1.82) is 0 Å².